The Morgan fingerprint density at radius 1 is 1.41 bits per heavy atom. The van der Waals surface area contributed by atoms with Crippen molar-refractivity contribution in [2.75, 3.05) is 13.1 Å². The van der Waals surface area contributed by atoms with Gasteiger partial charge in [0, 0.05) is 23.1 Å². The van der Waals surface area contributed by atoms with E-state index in [-0.39, 0.29) is 0 Å². The van der Waals surface area contributed by atoms with Crippen molar-refractivity contribution in [2.45, 2.75) is 19.4 Å². The van der Waals surface area contributed by atoms with Gasteiger partial charge in [0.1, 0.15) is 0 Å². The molecular formula is C14H19N3. The Morgan fingerprint density at radius 2 is 2.29 bits per heavy atom. The van der Waals surface area contributed by atoms with Crippen LogP contribution in [0.1, 0.15) is 23.6 Å². The number of H-pyrrole nitrogens is 1. The second kappa shape index (κ2) is 4.17. The molecule has 1 saturated heterocycles. The van der Waals surface area contributed by atoms with Gasteiger partial charge in [0.25, 0.3) is 0 Å². The van der Waals surface area contributed by atoms with Crippen molar-refractivity contribution in [3.05, 3.63) is 35.5 Å². The fraction of sp³-hybridized carbons (Fsp3) is 0.429. The molecule has 3 nitrogen and oxygen atoms in total. The molecule has 1 aromatic carbocycles. The largest absolute Gasteiger partial charge is 0.361 e. The van der Waals surface area contributed by atoms with Crippen LogP contribution in [0.5, 0.6) is 0 Å². The van der Waals surface area contributed by atoms with Crippen LogP contribution in [0.4, 0.5) is 0 Å². The lowest BCUT2D eigenvalue weighted by Crippen LogP contribution is -2.23. The summed E-state index contributed by atoms with van der Waals surface area (Å²) in [5.74, 6) is 0.564. The van der Waals surface area contributed by atoms with E-state index in [1.165, 1.54) is 28.5 Å². The van der Waals surface area contributed by atoms with Gasteiger partial charge in [-0.15, -0.1) is 0 Å². The predicted molar refractivity (Wildman–Crippen MR) is 70.9 cm³/mol. The van der Waals surface area contributed by atoms with Crippen LogP contribution < -0.4 is 11.1 Å². The van der Waals surface area contributed by atoms with Crippen LogP contribution in [0, 0.1) is 12.8 Å². The lowest BCUT2D eigenvalue weighted by atomic mass is 9.93. The summed E-state index contributed by atoms with van der Waals surface area (Å²) in [6.45, 7) is 4.01. The molecule has 3 rings (SSSR count). The first-order valence-electron chi connectivity index (χ1n) is 6.31. The lowest BCUT2D eigenvalue weighted by molar-refractivity contribution is 0.475. The Labute approximate surface area is 101 Å². The summed E-state index contributed by atoms with van der Waals surface area (Å²) in [5.41, 5.74) is 9.81. The fourth-order valence-electron chi connectivity index (χ4n) is 3.02. The highest BCUT2D eigenvalue weighted by molar-refractivity contribution is 5.87. The molecule has 1 fully saturated rings. The first-order chi connectivity index (χ1) is 8.31. The van der Waals surface area contributed by atoms with Crippen LogP contribution in [0.25, 0.3) is 10.9 Å². The van der Waals surface area contributed by atoms with Crippen molar-refractivity contribution in [3.8, 4) is 0 Å². The average molecular weight is 229 g/mol. The van der Waals surface area contributed by atoms with Crippen LogP contribution in [0.2, 0.25) is 0 Å². The maximum Gasteiger partial charge on any atom is 0.0460 e. The normalized spacial score (nSPS) is 24.6. The third-order valence-corrected chi connectivity index (χ3v) is 3.93. The SMILES string of the molecule is Cc1cccc2[nH]cc(C3NCCC3CN)c12. The third kappa shape index (κ3) is 1.66. The molecular weight excluding hydrogens is 210 g/mol. The molecule has 0 amide bonds. The highest BCUT2D eigenvalue weighted by Gasteiger charge is 2.29. The van der Waals surface area contributed by atoms with Gasteiger partial charge in [-0.3, -0.25) is 0 Å². The summed E-state index contributed by atoms with van der Waals surface area (Å²) < 4.78 is 0. The standard InChI is InChI=1S/C14H19N3/c1-9-3-2-4-12-13(9)11(8-17-12)14-10(7-15)5-6-16-14/h2-4,8,10,14,16-17H,5-7,15H2,1H3. The molecule has 0 aliphatic carbocycles. The first kappa shape index (κ1) is 10.8. The molecule has 90 valence electrons. The number of aryl methyl sites for hydroxylation is 1. The van der Waals surface area contributed by atoms with E-state index in [1.807, 2.05) is 0 Å². The van der Waals surface area contributed by atoms with E-state index < -0.39 is 0 Å². The third-order valence-electron chi connectivity index (χ3n) is 3.93. The van der Waals surface area contributed by atoms with Gasteiger partial charge in [-0.1, -0.05) is 12.1 Å². The van der Waals surface area contributed by atoms with Gasteiger partial charge < -0.3 is 16.0 Å². The van der Waals surface area contributed by atoms with E-state index in [0.29, 0.717) is 12.0 Å². The number of hydrogen-bond acceptors (Lipinski definition) is 2. The van der Waals surface area contributed by atoms with Crippen molar-refractivity contribution in [1.82, 2.24) is 10.3 Å². The number of nitrogens with two attached hydrogens (primary N) is 1. The molecule has 0 spiro atoms. The van der Waals surface area contributed by atoms with E-state index in [2.05, 4.69) is 41.6 Å². The summed E-state index contributed by atoms with van der Waals surface area (Å²) in [5, 5.41) is 4.95. The Hall–Kier alpha value is -1.32. The quantitative estimate of drug-likeness (QED) is 0.738. The predicted octanol–water partition coefficient (Wildman–Crippen LogP) is 2.09. The van der Waals surface area contributed by atoms with E-state index >= 15 is 0 Å². The molecule has 2 unspecified atom stereocenters. The molecule has 2 heterocycles. The number of hydrogen-bond donors (Lipinski definition) is 3. The van der Waals surface area contributed by atoms with Gasteiger partial charge in [0.2, 0.25) is 0 Å². The van der Waals surface area contributed by atoms with Gasteiger partial charge in [0.15, 0.2) is 0 Å². The van der Waals surface area contributed by atoms with Crippen LogP contribution in [-0.2, 0) is 0 Å². The Morgan fingerprint density at radius 3 is 3.12 bits per heavy atom. The van der Waals surface area contributed by atoms with E-state index in [1.54, 1.807) is 0 Å². The van der Waals surface area contributed by atoms with Crippen molar-refractivity contribution in [1.29, 1.82) is 0 Å². The number of rotatable bonds is 2. The highest BCUT2D eigenvalue weighted by Crippen LogP contribution is 2.34. The summed E-state index contributed by atoms with van der Waals surface area (Å²) in [7, 11) is 0. The van der Waals surface area contributed by atoms with Gasteiger partial charge >= 0.3 is 0 Å². The highest BCUT2D eigenvalue weighted by atomic mass is 15.0. The minimum Gasteiger partial charge on any atom is -0.361 e. The molecule has 0 saturated carbocycles. The van der Waals surface area contributed by atoms with E-state index in [0.717, 1.165) is 13.1 Å². The van der Waals surface area contributed by atoms with Crippen molar-refractivity contribution < 1.29 is 0 Å². The number of aromatic nitrogens is 1. The number of benzene rings is 1. The van der Waals surface area contributed by atoms with Crippen LogP contribution in [-0.4, -0.2) is 18.1 Å². The topological polar surface area (TPSA) is 53.8 Å². The van der Waals surface area contributed by atoms with E-state index in [9.17, 15) is 0 Å². The summed E-state index contributed by atoms with van der Waals surface area (Å²) >= 11 is 0. The zero-order valence-corrected chi connectivity index (χ0v) is 10.2. The van der Waals surface area contributed by atoms with Crippen LogP contribution in [0.3, 0.4) is 0 Å². The summed E-state index contributed by atoms with van der Waals surface area (Å²) in [6, 6.07) is 6.82. The average Bonchev–Trinajstić information content (AvgIpc) is 2.94. The number of nitrogens with one attached hydrogen (secondary N) is 2. The molecule has 1 aliphatic rings. The fourth-order valence-corrected chi connectivity index (χ4v) is 3.02. The zero-order chi connectivity index (χ0) is 11.8. The molecule has 17 heavy (non-hydrogen) atoms. The zero-order valence-electron chi connectivity index (χ0n) is 10.2. The Balaban J connectivity index is 2.11. The minimum atomic E-state index is 0.412. The monoisotopic (exact) mass is 229 g/mol. The van der Waals surface area contributed by atoms with Gasteiger partial charge in [0.05, 0.1) is 0 Å². The molecule has 0 bridgehead atoms. The second-order valence-corrected chi connectivity index (χ2v) is 4.96. The molecule has 3 heteroatoms. The molecule has 2 atom stereocenters. The molecule has 1 aliphatic heterocycles. The van der Waals surface area contributed by atoms with Gasteiger partial charge in [-0.05, 0) is 49.5 Å². The van der Waals surface area contributed by atoms with Gasteiger partial charge in [-0.2, -0.15) is 0 Å². The molecule has 1 aromatic heterocycles. The minimum absolute atomic E-state index is 0.412. The smallest absolute Gasteiger partial charge is 0.0460 e. The Bertz CT molecular complexity index is 529. The van der Waals surface area contributed by atoms with Crippen molar-refractivity contribution >= 4 is 10.9 Å². The number of fused-ring (bicyclic) bond motifs is 1. The van der Waals surface area contributed by atoms with Crippen molar-refractivity contribution in [2.24, 2.45) is 11.7 Å². The molecule has 4 N–H and O–H groups in total. The summed E-state index contributed by atoms with van der Waals surface area (Å²) in [6.07, 6.45) is 3.32. The van der Waals surface area contributed by atoms with Crippen LogP contribution >= 0.6 is 0 Å². The Kier molecular flexibility index (Phi) is 2.65. The maximum atomic E-state index is 5.86. The number of aromatic amines is 1. The molecule has 0 radical (unpaired) electrons. The lowest BCUT2D eigenvalue weighted by Gasteiger charge is -2.18. The van der Waals surface area contributed by atoms with E-state index in [4.69, 9.17) is 5.73 Å². The summed E-state index contributed by atoms with van der Waals surface area (Å²) in [4.78, 5) is 3.37. The second-order valence-electron chi connectivity index (χ2n) is 4.96. The van der Waals surface area contributed by atoms with Crippen molar-refractivity contribution in [3.63, 3.8) is 0 Å². The maximum absolute atomic E-state index is 5.86. The van der Waals surface area contributed by atoms with Crippen LogP contribution in [0.15, 0.2) is 24.4 Å². The van der Waals surface area contributed by atoms with Gasteiger partial charge in [-0.25, -0.2) is 0 Å². The molecule has 2 aromatic rings. The first-order valence-corrected chi connectivity index (χ1v) is 6.31.